The van der Waals surface area contributed by atoms with Gasteiger partial charge in [0.25, 0.3) is 0 Å². The van der Waals surface area contributed by atoms with E-state index in [2.05, 4.69) is 6.92 Å². The van der Waals surface area contributed by atoms with E-state index in [1.807, 2.05) is 24.3 Å². The molecule has 0 aromatic heterocycles. The second-order valence-corrected chi connectivity index (χ2v) is 1.74. The number of hydrogen-bond donors (Lipinski definition) is 0. The van der Waals surface area contributed by atoms with E-state index in [1.54, 1.807) is 0 Å². The van der Waals surface area contributed by atoms with Crippen molar-refractivity contribution in [3.8, 4) is 0 Å². The van der Waals surface area contributed by atoms with Crippen LogP contribution in [0.5, 0.6) is 0 Å². The van der Waals surface area contributed by atoms with Crippen LogP contribution in [0.4, 0.5) is 0 Å². The van der Waals surface area contributed by atoms with Crippen LogP contribution in [0.3, 0.4) is 0 Å². The summed E-state index contributed by atoms with van der Waals surface area (Å²) in [6.45, 7) is 2.06. The lowest BCUT2D eigenvalue weighted by atomic mass is 10.2. The normalized spacial score (nSPS) is 10.9. The second kappa shape index (κ2) is 2.51. The molecular formula is C8H10. The molecule has 0 aliphatic carbocycles. The fourth-order valence-electron chi connectivity index (χ4n) is 0.650. The molecule has 0 atom stereocenters. The van der Waals surface area contributed by atoms with Crippen LogP contribution in [0.2, 0.25) is 0 Å². The van der Waals surface area contributed by atoms with Crippen LogP contribution in [-0.4, -0.2) is 0 Å². The van der Waals surface area contributed by atoms with Crippen LogP contribution in [0, 0.1) is 0 Å². The van der Waals surface area contributed by atoms with Crippen molar-refractivity contribution in [2.45, 2.75) is 13.3 Å². The van der Waals surface area contributed by atoms with Gasteiger partial charge in [0.2, 0.25) is 0 Å². The Labute approximate surface area is 51.6 Å². The summed E-state index contributed by atoms with van der Waals surface area (Å²) >= 11 is 0. The summed E-state index contributed by atoms with van der Waals surface area (Å²) in [5.74, 6) is 0. The first-order valence-corrected chi connectivity index (χ1v) is 2.89. The molecular weight excluding hydrogens is 96.1 g/mol. The van der Waals surface area contributed by atoms with Crippen LogP contribution < -0.4 is 0 Å². The molecule has 0 amide bonds. The third-order valence-corrected chi connectivity index (χ3v) is 1.15. The highest BCUT2D eigenvalue weighted by Crippen LogP contribution is 1.96. The molecule has 0 saturated carbocycles. The SMILES string of the molecule is [2H]c1ccccc1CC. The lowest BCUT2D eigenvalue weighted by Crippen LogP contribution is -1.73. The van der Waals surface area contributed by atoms with Crippen LogP contribution in [0.15, 0.2) is 30.3 Å². The minimum Gasteiger partial charge on any atom is -0.0622 e. The molecule has 0 radical (unpaired) electrons. The predicted octanol–water partition coefficient (Wildman–Crippen LogP) is 2.25. The van der Waals surface area contributed by atoms with Gasteiger partial charge in [-0.15, -0.1) is 0 Å². The summed E-state index contributed by atoms with van der Waals surface area (Å²) < 4.78 is 7.37. The maximum absolute atomic E-state index is 7.37. The van der Waals surface area contributed by atoms with Gasteiger partial charge in [0.05, 0.1) is 1.37 Å². The molecule has 0 heteroatoms. The lowest BCUT2D eigenvalue weighted by molar-refractivity contribution is 1.14. The monoisotopic (exact) mass is 107 g/mol. The zero-order valence-electron chi connectivity index (χ0n) is 6.02. The van der Waals surface area contributed by atoms with E-state index in [1.165, 1.54) is 0 Å². The summed E-state index contributed by atoms with van der Waals surface area (Å²) in [5, 5.41) is 0. The minimum atomic E-state index is 0.653. The second-order valence-electron chi connectivity index (χ2n) is 1.74. The van der Waals surface area contributed by atoms with Gasteiger partial charge in [-0.05, 0) is 12.0 Å². The Morgan fingerprint density at radius 1 is 1.50 bits per heavy atom. The van der Waals surface area contributed by atoms with Gasteiger partial charge in [0.15, 0.2) is 0 Å². The van der Waals surface area contributed by atoms with Gasteiger partial charge in [-0.1, -0.05) is 37.2 Å². The first-order valence-electron chi connectivity index (χ1n) is 3.39. The Kier molecular flexibility index (Phi) is 1.30. The van der Waals surface area contributed by atoms with Crippen molar-refractivity contribution in [1.82, 2.24) is 0 Å². The maximum Gasteiger partial charge on any atom is 0.0626 e. The van der Waals surface area contributed by atoms with Crippen molar-refractivity contribution in [3.63, 3.8) is 0 Å². The molecule has 0 aliphatic heterocycles. The summed E-state index contributed by atoms with van der Waals surface area (Å²) in [6, 6.07) is 8.32. The summed E-state index contributed by atoms with van der Waals surface area (Å²) in [5.41, 5.74) is 1.12. The predicted molar refractivity (Wildman–Crippen MR) is 35.8 cm³/mol. The van der Waals surface area contributed by atoms with Crippen molar-refractivity contribution < 1.29 is 1.37 Å². The van der Waals surface area contributed by atoms with Gasteiger partial charge in [-0.2, -0.15) is 0 Å². The topological polar surface area (TPSA) is 0 Å². The van der Waals surface area contributed by atoms with E-state index >= 15 is 0 Å². The van der Waals surface area contributed by atoms with E-state index < -0.39 is 0 Å². The van der Waals surface area contributed by atoms with E-state index in [4.69, 9.17) is 1.37 Å². The Balaban J connectivity index is 3.01. The third-order valence-electron chi connectivity index (χ3n) is 1.15. The van der Waals surface area contributed by atoms with E-state index in [-0.39, 0.29) is 0 Å². The Morgan fingerprint density at radius 3 is 2.88 bits per heavy atom. The van der Waals surface area contributed by atoms with E-state index in [9.17, 15) is 0 Å². The largest absolute Gasteiger partial charge is 0.0626 e. The van der Waals surface area contributed by atoms with Crippen LogP contribution >= 0.6 is 0 Å². The van der Waals surface area contributed by atoms with Crippen LogP contribution in [0.1, 0.15) is 13.9 Å². The molecule has 0 N–H and O–H groups in total. The molecule has 42 valence electrons. The molecule has 8 heavy (non-hydrogen) atoms. The van der Waals surface area contributed by atoms with Crippen molar-refractivity contribution >= 4 is 0 Å². The summed E-state index contributed by atoms with van der Waals surface area (Å²) in [4.78, 5) is 0. The highest BCUT2D eigenvalue weighted by atomic mass is 13.9. The third kappa shape index (κ3) is 1.09. The molecule has 1 rings (SSSR count). The van der Waals surface area contributed by atoms with Gasteiger partial charge in [0, 0.05) is 0 Å². The Hall–Kier alpha value is -0.780. The molecule has 0 spiro atoms. The fourth-order valence-corrected chi connectivity index (χ4v) is 0.650. The standard InChI is InChI=1S/C8H10/c1-2-8-6-4-3-5-7-8/h3-7H,2H2,1H3/i6D. The summed E-state index contributed by atoms with van der Waals surface area (Å²) in [7, 11) is 0. The van der Waals surface area contributed by atoms with Crippen molar-refractivity contribution in [3.05, 3.63) is 35.9 Å². The van der Waals surface area contributed by atoms with E-state index in [0.717, 1.165) is 12.0 Å². The number of benzene rings is 1. The number of hydrogen-bond acceptors (Lipinski definition) is 0. The summed E-state index contributed by atoms with van der Waals surface area (Å²) in [6.07, 6.45) is 0.958. The van der Waals surface area contributed by atoms with Gasteiger partial charge in [-0.3, -0.25) is 0 Å². The van der Waals surface area contributed by atoms with Crippen LogP contribution in [0.25, 0.3) is 0 Å². The smallest absolute Gasteiger partial charge is 0.0622 e. The molecule has 0 nitrogen and oxygen atoms in total. The van der Waals surface area contributed by atoms with Crippen molar-refractivity contribution in [2.75, 3.05) is 0 Å². The molecule has 0 unspecified atom stereocenters. The molecule has 0 fully saturated rings. The minimum absolute atomic E-state index is 0.653. The zero-order chi connectivity index (χ0) is 6.69. The van der Waals surface area contributed by atoms with Gasteiger partial charge >= 0.3 is 0 Å². The van der Waals surface area contributed by atoms with E-state index in [0.29, 0.717) is 6.04 Å². The first kappa shape index (κ1) is 4.13. The Morgan fingerprint density at radius 2 is 2.38 bits per heavy atom. The molecule has 1 aromatic rings. The Bertz CT molecular complexity index is 194. The average Bonchev–Trinajstić information content (AvgIpc) is 1.89. The van der Waals surface area contributed by atoms with Crippen LogP contribution in [-0.2, 0) is 6.42 Å². The maximum atomic E-state index is 7.37. The van der Waals surface area contributed by atoms with Crippen molar-refractivity contribution in [2.24, 2.45) is 0 Å². The molecule has 1 aromatic carbocycles. The quantitative estimate of drug-likeness (QED) is 0.516. The highest BCUT2D eigenvalue weighted by Gasteiger charge is 1.79. The van der Waals surface area contributed by atoms with Gasteiger partial charge in [-0.25, -0.2) is 0 Å². The molecule has 0 saturated heterocycles. The number of aryl methyl sites for hydroxylation is 1. The van der Waals surface area contributed by atoms with Gasteiger partial charge < -0.3 is 0 Å². The number of rotatable bonds is 1. The fraction of sp³-hybridized carbons (Fsp3) is 0.250. The van der Waals surface area contributed by atoms with Crippen molar-refractivity contribution in [1.29, 1.82) is 0 Å². The lowest BCUT2D eigenvalue weighted by Gasteiger charge is -1.89. The first-order chi connectivity index (χ1) is 4.34. The average molecular weight is 107 g/mol. The highest BCUT2D eigenvalue weighted by molar-refractivity contribution is 5.13. The molecule has 0 bridgehead atoms. The van der Waals surface area contributed by atoms with Gasteiger partial charge in [0.1, 0.15) is 0 Å². The molecule has 0 aliphatic rings. The zero-order valence-corrected chi connectivity index (χ0v) is 5.02. The molecule has 0 heterocycles.